The Morgan fingerprint density at radius 2 is 1.25 bits per heavy atom. The second kappa shape index (κ2) is 21.2. The van der Waals surface area contributed by atoms with Crippen molar-refractivity contribution in [3.8, 4) is 11.3 Å². The second-order valence-corrected chi connectivity index (χ2v) is 14.8. The molecule has 4 atom stereocenters. The van der Waals surface area contributed by atoms with Crippen molar-refractivity contribution in [3.05, 3.63) is 90.1 Å². The van der Waals surface area contributed by atoms with Crippen LogP contribution in [0.15, 0.2) is 79.0 Å². The van der Waals surface area contributed by atoms with Crippen LogP contribution in [-0.2, 0) is 32.0 Å². The number of carbonyl (C=O) groups excluding carboxylic acids is 4. The highest BCUT2D eigenvalue weighted by Crippen LogP contribution is 2.23. The van der Waals surface area contributed by atoms with E-state index in [0.717, 1.165) is 22.4 Å². The van der Waals surface area contributed by atoms with Gasteiger partial charge in [0.1, 0.15) is 12.1 Å². The zero-order valence-corrected chi connectivity index (χ0v) is 32.7. The number of alkyl carbamates (subject to hydrolysis) is 2. The number of nitrogens with zero attached hydrogens (tertiary/aromatic N) is 2. The van der Waals surface area contributed by atoms with Crippen LogP contribution in [0.2, 0.25) is 0 Å². The number of benzene rings is 2. The Bertz CT molecular complexity index is 1680. The molecule has 300 valence electrons. The molecule has 0 radical (unpaired) electrons. The molecular formula is C39H55N7O9. The summed E-state index contributed by atoms with van der Waals surface area (Å²) in [5.41, 5.74) is 8.90. The van der Waals surface area contributed by atoms with Crippen LogP contribution in [0.4, 0.5) is 14.4 Å². The van der Waals surface area contributed by atoms with E-state index >= 15 is 0 Å². The van der Waals surface area contributed by atoms with Gasteiger partial charge in [-0.25, -0.2) is 19.4 Å². The molecule has 0 aliphatic heterocycles. The van der Waals surface area contributed by atoms with Crippen molar-refractivity contribution in [3.63, 3.8) is 0 Å². The van der Waals surface area contributed by atoms with Crippen LogP contribution < -0.4 is 27.1 Å². The fraction of sp³-hybridized carbons (Fsp3) is 0.436. The smallest absolute Gasteiger partial charge is 0.407 e. The van der Waals surface area contributed by atoms with Crippen molar-refractivity contribution in [2.45, 2.75) is 78.7 Å². The summed E-state index contributed by atoms with van der Waals surface area (Å²) in [6.07, 6.45) is -2.11. The summed E-state index contributed by atoms with van der Waals surface area (Å²) in [6.45, 7) is 10.9. The van der Waals surface area contributed by atoms with Crippen LogP contribution in [0, 0.1) is 10.8 Å². The minimum absolute atomic E-state index is 0.120. The first-order valence-electron chi connectivity index (χ1n) is 17.5. The van der Waals surface area contributed by atoms with Gasteiger partial charge < -0.3 is 41.4 Å². The van der Waals surface area contributed by atoms with Gasteiger partial charge in [0.15, 0.2) is 0 Å². The van der Waals surface area contributed by atoms with E-state index in [0.29, 0.717) is 0 Å². The lowest BCUT2D eigenvalue weighted by Crippen LogP contribution is -2.60. The summed E-state index contributed by atoms with van der Waals surface area (Å²) in [4.78, 5) is 65.1. The number of ether oxygens (including phenoxy) is 2. The maximum atomic E-state index is 13.8. The average molecular weight is 766 g/mol. The Labute approximate surface area is 322 Å². The van der Waals surface area contributed by atoms with E-state index in [2.05, 4.69) is 32.1 Å². The predicted molar refractivity (Wildman–Crippen MR) is 206 cm³/mol. The number of hydrogen-bond acceptors (Lipinski definition) is 10. The van der Waals surface area contributed by atoms with Crippen molar-refractivity contribution in [1.82, 2.24) is 31.4 Å². The molecule has 5 amide bonds. The fourth-order valence-corrected chi connectivity index (χ4v) is 5.38. The first-order chi connectivity index (χ1) is 25.7. The van der Waals surface area contributed by atoms with Gasteiger partial charge in [-0.2, -0.15) is 0 Å². The molecule has 16 heteroatoms. The van der Waals surface area contributed by atoms with E-state index in [-0.39, 0.29) is 19.5 Å². The van der Waals surface area contributed by atoms with Gasteiger partial charge in [-0.1, -0.05) is 102 Å². The molecule has 2 aromatic carbocycles. The van der Waals surface area contributed by atoms with E-state index in [1.807, 2.05) is 93.6 Å². The fourth-order valence-electron chi connectivity index (χ4n) is 5.38. The molecule has 16 nitrogen and oxygen atoms in total. The minimum atomic E-state index is -1.33. The van der Waals surface area contributed by atoms with Gasteiger partial charge >= 0.3 is 18.3 Å². The van der Waals surface area contributed by atoms with Crippen LogP contribution >= 0.6 is 0 Å². The van der Waals surface area contributed by atoms with Gasteiger partial charge in [-0.15, -0.1) is 0 Å². The number of aliphatic hydroxyl groups excluding tert-OH is 1. The monoisotopic (exact) mass is 765 g/mol. The van der Waals surface area contributed by atoms with Crippen LogP contribution in [0.1, 0.15) is 52.7 Å². The van der Waals surface area contributed by atoms with Crippen LogP contribution in [-0.4, -0.2) is 95.3 Å². The van der Waals surface area contributed by atoms with Crippen molar-refractivity contribution in [2.75, 3.05) is 20.8 Å². The minimum Gasteiger partial charge on any atom is -0.465 e. The lowest BCUT2D eigenvalue weighted by molar-refractivity contribution is -0.132. The Morgan fingerprint density at radius 3 is 1.73 bits per heavy atom. The molecule has 1 heterocycles. The number of carboxylic acid groups (broad SMARTS) is 1. The molecule has 55 heavy (non-hydrogen) atoms. The van der Waals surface area contributed by atoms with Crippen molar-refractivity contribution in [1.29, 1.82) is 0 Å². The molecule has 0 aliphatic carbocycles. The third kappa shape index (κ3) is 16.0. The molecular weight excluding hydrogens is 710 g/mol. The molecule has 0 saturated heterocycles. The first kappa shape index (κ1) is 45.4. The second-order valence-electron chi connectivity index (χ2n) is 14.8. The topological polar surface area (TPSA) is 235 Å². The molecule has 0 aliphatic rings. The lowest BCUT2D eigenvalue weighted by Gasteiger charge is -2.35. The summed E-state index contributed by atoms with van der Waals surface area (Å²) in [6, 6.07) is 19.8. The van der Waals surface area contributed by atoms with Crippen molar-refractivity contribution in [2.24, 2.45) is 16.6 Å². The van der Waals surface area contributed by atoms with Gasteiger partial charge in [0, 0.05) is 24.8 Å². The zero-order chi connectivity index (χ0) is 41.3. The van der Waals surface area contributed by atoms with Crippen LogP contribution in [0.3, 0.4) is 0 Å². The van der Waals surface area contributed by atoms with Gasteiger partial charge in [0.05, 0.1) is 32.1 Å². The summed E-state index contributed by atoms with van der Waals surface area (Å²) < 4.78 is 9.54. The van der Waals surface area contributed by atoms with Crippen LogP contribution in [0.25, 0.3) is 11.3 Å². The number of aromatic nitrogens is 1. The third-order valence-electron chi connectivity index (χ3n) is 8.21. The van der Waals surface area contributed by atoms with Crippen molar-refractivity contribution >= 4 is 30.1 Å². The highest BCUT2D eigenvalue weighted by atomic mass is 16.5. The Balaban J connectivity index is 0.00000248. The number of nitrogens with one attached hydrogen (secondary N) is 4. The first-order valence-corrected chi connectivity index (χ1v) is 17.5. The Hall–Kier alpha value is -5.74. The summed E-state index contributed by atoms with van der Waals surface area (Å²) in [5, 5.41) is 28.8. The molecule has 8 N–H and O–H groups in total. The average Bonchev–Trinajstić information content (AvgIpc) is 3.12. The molecule has 3 aromatic rings. The van der Waals surface area contributed by atoms with Gasteiger partial charge in [0.2, 0.25) is 5.91 Å². The summed E-state index contributed by atoms with van der Waals surface area (Å²) >= 11 is 0. The van der Waals surface area contributed by atoms with E-state index in [1.54, 1.807) is 32.0 Å². The maximum Gasteiger partial charge on any atom is 0.407 e. The number of hydrogen-bond donors (Lipinski definition) is 7. The van der Waals surface area contributed by atoms with E-state index < -0.39 is 65.2 Å². The van der Waals surface area contributed by atoms with E-state index in [9.17, 15) is 24.3 Å². The summed E-state index contributed by atoms with van der Waals surface area (Å²) in [7, 11) is 2.44. The molecule has 3 rings (SSSR count). The third-order valence-corrected chi connectivity index (χ3v) is 8.21. The standard InChI is InChI=1S/C38H52N6O7.CH3NO2/c1-37(2,3)31(41-35(48)50-7)33(46)40-29(22-25-14-10-9-11-15-25)30(45)24-44(43-34(47)32(38(4,5)6)42-36(49)51-8)23-26-17-19-27(20-18-26)28-16-12-13-21-39-28;2-1(3)4/h9-21,29-32,45H,22-24H2,1-8H3,(H,40,46)(H,41,48)(H,42,49)(H,43,47);2H2,(H,3,4). The molecule has 1 aromatic heterocycles. The van der Waals surface area contributed by atoms with E-state index in [4.69, 9.17) is 19.4 Å². The molecule has 0 saturated carbocycles. The number of hydrazine groups is 1. The van der Waals surface area contributed by atoms with Crippen molar-refractivity contribution < 1.29 is 43.7 Å². The number of carbonyl (C=O) groups is 5. The van der Waals surface area contributed by atoms with Gasteiger partial charge in [-0.05, 0) is 40.5 Å². The maximum absolute atomic E-state index is 13.8. The quantitative estimate of drug-likeness (QED) is 0.117. The molecule has 0 bridgehead atoms. The predicted octanol–water partition coefficient (Wildman–Crippen LogP) is 3.83. The number of primary amides is 1. The number of methoxy groups -OCH3 is 2. The molecule has 0 fully saturated rings. The number of nitrogens with two attached hydrogens (primary N) is 1. The number of aliphatic hydroxyl groups is 1. The largest absolute Gasteiger partial charge is 0.465 e. The Morgan fingerprint density at radius 1 is 0.745 bits per heavy atom. The zero-order valence-electron chi connectivity index (χ0n) is 32.7. The molecule has 4 unspecified atom stereocenters. The highest BCUT2D eigenvalue weighted by Gasteiger charge is 2.37. The SMILES string of the molecule is COC(=O)NC(C(=O)NC(Cc1ccccc1)C(O)CN(Cc1ccc(-c2ccccn2)cc1)NC(=O)C(NC(=O)OC)C(C)(C)C)C(C)(C)C.NC(=O)O. The van der Waals surface area contributed by atoms with E-state index in [1.165, 1.54) is 14.2 Å². The van der Waals surface area contributed by atoms with Gasteiger partial charge in [-0.3, -0.25) is 20.0 Å². The molecule has 0 spiro atoms. The Kier molecular flexibility index (Phi) is 17.5. The van der Waals surface area contributed by atoms with Gasteiger partial charge in [0.25, 0.3) is 5.91 Å². The number of amides is 5. The number of pyridine rings is 1. The number of rotatable bonds is 14. The highest BCUT2D eigenvalue weighted by molar-refractivity contribution is 5.87. The normalized spacial score (nSPS) is 13.4. The van der Waals surface area contributed by atoms with Crippen LogP contribution in [0.5, 0.6) is 0 Å². The lowest BCUT2D eigenvalue weighted by atomic mass is 9.85. The summed E-state index contributed by atoms with van der Waals surface area (Å²) in [5.74, 6) is -1.03.